The first-order chi connectivity index (χ1) is 48.6. The van der Waals surface area contributed by atoms with E-state index in [1.807, 2.05) is 21.1 Å². The van der Waals surface area contributed by atoms with Gasteiger partial charge in [-0.2, -0.15) is 0 Å². The number of unbranched alkanes of at least 4 members (excludes halogenated alkanes) is 42. The van der Waals surface area contributed by atoms with Crippen molar-refractivity contribution in [2.45, 2.75) is 386 Å². The van der Waals surface area contributed by atoms with Gasteiger partial charge in [0, 0.05) is 12.8 Å². The van der Waals surface area contributed by atoms with Crippen LogP contribution in [0.3, 0.4) is 0 Å². The Labute approximate surface area is 612 Å². The van der Waals surface area contributed by atoms with Gasteiger partial charge < -0.3 is 33.3 Å². The molecule has 9 heteroatoms. The summed E-state index contributed by atoms with van der Waals surface area (Å²) in [5, 5.41) is 11.9. The number of ether oxygens (including phenoxy) is 4. The topological polar surface area (TPSA) is 111 Å². The van der Waals surface area contributed by atoms with Gasteiger partial charge in [-0.3, -0.25) is 9.59 Å². The van der Waals surface area contributed by atoms with Gasteiger partial charge in [-0.1, -0.05) is 373 Å². The fourth-order valence-corrected chi connectivity index (χ4v) is 11.9. The minimum absolute atomic E-state index is 0.139. The van der Waals surface area contributed by atoms with E-state index in [9.17, 15) is 19.5 Å². The molecule has 0 heterocycles. The Balaban J connectivity index is 4.03. The van der Waals surface area contributed by atoms with Crippen LogP contribution < -0.4 is 5.11 Å². The van der Waals surface area contributed by atoms with Gasteiger partial charge in [0.1, 0.15) is 13.2 Å². The van der Waals surface area contributed by atoms with Crippen molar-refractivity contribution in [3.8, 4) is 0 Å². The molecule has 0 aliphatic rings. The standard InChI is InChI=1S/C90H157NO8/c1-6-8-10-12-14-16-18-20-22-24-26-28-30-32-34-36-38-40-41-42-43-44-45-46-47-49-50-52-54-56-58-60-62-64-66-68-70-72-74-76-78-80-87(92)97-84-86(85-98-90(89(94)95)96-83-82-91(3,4)5)99-88(93)81-79-77-75-73-71-69-67-65-63-61-59-57-55-53-51-48-39-37-35-33-31-29-27-25-23-21-19-17-15-13-11-9-7-2/h9,11,15,17,21,23-24,26-27,29,33,35,39,48,53,55,59,61,65,67,86,90H,6-8,10,12-14,16,18-20,22,25,28,30-32,34,36-38,40-47,49-52,54,56-58,60,62-64,66,68-85H2,1-5H3/b11-9-,17-15-,23-21-,26-24-,29-27-,35-33-,48-39-,55-53-,61-59-,67-65-. The Bertz CT molecular complexity index is 2050. The Morgan fingerprint density at radius 3 is 0.869 bits per heavy atom. The van der Waals surface area contributed by atoms with Crippen molar-refractivity contribution in [3.63, 3.8) is 0 Å². The molecule has 0 rings (SSSR count). The summed E-state index contributed by atoms with van der Waals surface area (Å²) in [6.07, 6.45) is 111. The molecule has 0 bridgehead atoms. The zero-order valence-corrected chi connectivity index (χ0v) is 65.3. The lowest BCUT2D eigenvalue weighted by atomic mass is 10.0. The highest BCUT2D eigenvalue weighted by atomic mass is 16.7. The second kappa shape index (κ2) is 79.4. The molecule has 0 N–H and O–H groups in total. The third-order valence-electron chi connectivity index (χ3n) is 18.2. The van der Waals surface area contributed by atoms with E-state index in [4.69, 9.17) is 18.9 Å². The van der Waals surface area contributed by atoms with E-state index in [0.717, 1.165) is 109 Å². The molecular weight excluding hydrogens is 1220 g/mol. The summed E-state index contributed by atoms with van der Waals surface area (Å²) < 4.78 is 22.8. The summed E-state index contributed by atoms with van der Waals surface area (Å²) in [7, 11) is 5.93. The minimum atomic E-state index is -1.63. The highest BCUT2D eigenvalue weighted by Gasteiger charge is 2.22. The maximum absolute atomic E-state index is 13.0. The largest absolute Gasteiger partial charge is 0.545 e. The normalized spacial score (nSPS) is 13.3. The van der Waals surface area contributed by atoms with Gasteiger partial charge in [0.05, 0.1) is 40.3 Å². The number of carboxylic acids is 1. The summed E-state index contributed by atoms with van der Waals surface area (Å²) in [4.78, 5) is 37.6. The van der Waals surface area contributed by atoms with E-state index in [2.05, 4.69) is 135 Å². The number of rotatable bonds is 77. The number of carbonyl (C=O) groups excluding carboxylic acids is 3. The number of allylic oxidation sites excluding steroid dienone is 20. The average molecular weight is 1380 g/mol. The van der Waals surface area contributed by atoms with Crippen molar-refractivity contribution >= 4 is 17.9 Å². The van der Waals surface area contributed by atoms with Crippen molar-refractivity contribution < 1.29 is 42.9 Å². The van der Waals surface area contributed by atoms with Crippen LogP contribution in [-0.4, -0.2) is 82.3 Å². The Hall–Kier alpha value is -4.31. The number of carboxylic acid groups (broad SMARTS) is 1. The summed E-state index contributed by atoms with van der Waals surface area (Å²) >= 11 is 0. The molecule has 0 aromatic heterocycles. The monoisotopic (exact) mass is 1380 g/mol. The molecule has 0 spiro atoms. The number of aliphatic carboxylic acids is 1. The van der Waals surface area contributed by atoms with Gasteiger partial charge in [0.15, 0.2) is 12.4 Å². The van der Waals surface area contributed by atoms with Crippen molar-refractivity contribution in [2.75, 3.05) is 47.5 Å². The zero-order valence-electron chi connectivity index (χ0n) is 65.3. The van der Waals surface area contributed by atoms with Crippen LogP contribution in [0.4, 0.5) is 0 Å². The van der Waals surface area contributed by atoms with Crippen LogP contribution in [0.2, 0.25) is 0 Å². The van der Waals surface area contributed by atoms with Crippen LogP contribution in [-0.2, 0) is 33.3 Å². The Morgan fingerprint density at radius 1 is 0.313 bits per heavy atom. The van der Waals surface area contributed by atoms with E-state index < -0.39 is 24.3 Å². The second-order valence-corrected chi connectivity index (χ2v) is 29.0. The lowest BCUT2D eigenvalue weighted by Gasteiger charge is -2.26. The fraction of sp³-hybridized carbons (Fsp3) is 0.744. The van der Waals surface area contributed by atoms with Gasteiger partial charge >= 0.3 is 11.9 Å². The molecule has 0 amide bonds. The number of hydrogen-bond donors (Lipinski definition) is 0. The quantitative estimate of drug-likeness (QED) is 0.0195. The molecule has 2 unspecified atom stereocenters. The first kappa shape index (κ1) is 94.7. The van der Waals surface area contributed by atoms with Crippen molar-refractivity contribution in [3.05, 3.63) is 122 Å². The first-order valence-electron chi connectivity index (χ1n) is 41.7. The lowest BCUT2D eigenvalue weighted by Crippen LogP contribution is -2.44. The molecule has 0 saturated carbocycles. The number of nitrogens with zero attached hydrogens (tertiary/aromatic N) is 1. The molecular formula is C90H157NO8. The van der Waals surface area contributed by atoms with Crippen LogP contribution in [0.5, 0.6) is 0 Å². The van der Waals surface area contributed by atoms with E-state index >= 15 is 0 Å². The van der Waals surface area contributed by atoms with E-state index in [1.54, 1.807) is 0 Å². The van der Waals surface area contributed by atoms with Crippen LogP contribution in [0.25, 0.3) is 0 Å². The summed E-state index contributed by atoms with van der Waals surface area (Å²) in [6.45, 7) is 4.64. The Kier molecular flexibility index (Phi) is 75.9. The van der Waals surface area contributed by atoms with Gasteiger partial charge in [0.25, 0.3) is 0 Å². The SMILES string of the molecule is CC/C=C\C/C=C\C/C=C\C/C=C\C/C=C\C/C=C\C/C=C\C/C=C\C/C=C\CCCCCCCC(=O)OC(COC(=O)CCCCCCCCCCCCCCCCCCCCCCCCCCCCCCC/C=C\CCCCCCCCCC)COC(OCC[N+](C)(C)C)C(=O)[O-]. The molecule has 0 aliphatic heterocycles. The zero-order chi connectivity index (χ0) is 71.8. The van der Waals surface area contributed by atoms with Crippen LogP contribution >= 0.6 is 0 Å². The highest BCUT2D eigenvalue weighted by Crippen LogP contribution is 2.19. The second-order valence-electron chi connectivity index (χ2n) is 29.0. The third-order valence-corrected chi connectivity index (χ3v) is 18.2. The van der Waals surface area contributed by atoms with E-state index in [-0.39, 0.29) is 38.6 Å². The molecule has 0 aliphatic carbocycles. The predicted octanol–water partition coefficient (Wildman–Crippen LogP) is 25.7. The maximum Gasteiger partial charge on any atom is 0.306 e. The summed E-state index contributed by atoms with van der Waals surface area (Å²) in [5.74, 6) is -2.30. The molecule has 0 aromatic rings. The molecule has 2 atom stereocenters. The molecule has 570 valence electrons. The van der Waals surface area contributed by atoms with Crippen LogP contribution in [0.15, 0.2) is 122 Å². The van der Waals surface area contributed by atoms with E-state index in [1.165, 1.54) is 231 Å². The smallest absolute Gasteiger partial charge is 0.306 e. The molecule has 0 fully saturated rings. The number of quaternary nitrogens is 1. The molecule has 0 aromatic carbocycles. The van der Waals surface area contributed by atoms with Crippen molar-refractivity contribution in [1.82, 2.24) is 0 Å². The molecule has 0 radical (unpaired) electrons. The number of hydrogen-bond acceptors (Lipinski definition) is 8. The number of carbonyl (C=O) groups is 3. The highest BCUT2D eigenvalue weighted by molar-refractivity contribution is 5.70. The number of esters is 2. The average Bonchev–Trinajstić information content (AvgIpc) is 1.57. The fourth-order valence-electron chi connectivity index (χ4n) is 11.9. The van der Waals surface area contributed by atoms with Crippen molar-refractivity contribution in [2.24, 2.45) is 0 Å². The van der Waals surface area contributed by atoms with Crippen LogP contribution in [0.1, 0.15) is 373 Å². The van der Waals surface area contributed by atoms with Gasteiger partial charge in [-0.05, 0) is 109 Å². The third kappa shape index (κ3) is 80.9. The number of likely N-dealkylation sites (N-methyl/N-ethyl adjacent to an activating group) is 1. The van der Waals surface area contributed by atoms with Gasteiger partial charge in [-0.15, -0.1) is 0 Å². The Morgan fingerprint density at radius 2 is 0.576 bits per heavy atom. The molecule has 9 nitrogen and oxygen atoms in total. The van der Waals surface area contributed by atoms with Gasteiger partial charge in [0.2, 0.25) is 0 Å². The molecule has 99 heavy (non-hydrogen) atoms. The van der Waals surface area contributed by atoms with Crippen molar-refractivity contribution in [1.29, 1.82) is 0 Å². The molecule has 0 saturated heterocycles. The predicted molar refractivity (Wildman–Crippen MR) is 426 cm³/mol. The maximum atomic E-state index is 13.0. The van der Waals surface area contributed by atoms with Crippen LogP contribution in [0, 0.1) is 0 Å². The summed E-state index contributed by atoms with van der Waals surface area (Å²) in [6, 6.07) is 0. The summed E-state index contributed by atoms with van der Waals surface area (Å²) in [5.41, 5.74) is 0. The first-order valence-corrected chi connectivity index (χ1v) is 41.7. The van der Waals surface area contributed by atoms with Gasteiger partial charge in [-0.25, -0.2) is 0 Å². The lowest BCUT2D eigenvalue weighted by molar-refractivity contribution is -0.870. The van der Waals surface area contributed by atoms with E-state index in [0.29, 0.717) is 17.4 Å². The minimum Gasteiger partial charge on any atom is -0.545 e.